The predicted octanol–water partition coefficient (Wildman–Crippen LogP) is 4.86. The molecule has 0 saturated heterocycles. The molecule has 3 aromatic rings. The highest BCUT2D eigenvalue weighted by atomic mass is 32.2. The number of carbonyl (C=O) groups excluding carboxylic acids is 1. The molecule has 0 aliphatic carbocycles. The van der Waals surface area contributed by atoms with Crippen molar-refractivity contribution in [3.8, 4) is 0 Å². The third-order valence-corrected chi connectivity index (χ3v) is 5.75. The summed E-state index contributed by atoms with van der Waals surface area (Å²) >= 11 is 1.75. The molecule has 0 spiro atoms. The number of ether oxygens (including phenoxy) is 1. The molecule has 3 aromatic carbocycles. The van der Waals surface area contributed by atoms with Gasteiger partial charge in [0.15, 0.2) is 0 Å². The number of nitrogens with two attached hydrogens (primary N) is 1. The van der Waals surface area contributed by atoms with E-state index in [1.807, 2.05) is 24.3 Å². The molecule has 0 heterocycles. The summed E-state index contributed by atoms with van der Waals surface area (Å²) < 4.78 is 4.79. The Morgan fingerprint density at radius 1 is 0.800 bits per heavy atom. The van der Waals surface area contributed by atoms with Crippen molar-refractivity contribution in [2.75, 3.05) is 13.4 Å². The number of carbonyl (C=O) groups is 1. The molecule has 0 fully saturated rings. The van der Waals surface area contributed by atoms with Crippen LogP contribution in [0.1, 0.15) is 32.6 Å². The van der Waals surface area contributed by atoms with Crippen molar-refractivity contribution < 1.29 is 9.53 Å². The second-order valence-electron chi connectivity index (χ2n) is 7.20. The van der Waals surface area contributed by atoms with Gasteiger partial charge < -0.3 is 10.5 Å². The van der Waals surface area contributed by atoms with E-state index >= 15 is 0 Å². The molecule has 0 saturated carbocycles. The zero-order valence-electron chi connectivity index (χ0n) is 17.5. The summed E-state index contributed by atoms with van der Waals surface area (Å²) in [5, 5.41) is 0. The molecular weight excluding hydrogens is 392 g/mol. The predicted molar refractivity (Wildman–Crippen MR) is 123 cm³/mol. The van der Waals surface area contributed by atoms with E-state index in [2.05, 4.69) is 59.7 Å². The van der Waals surface area contributed by atoms with Gasteiger partial charge in [0.1, 0.15) is 0 Å². The smallest absolute Gasteiger partial charge is 0.337 e. The van der Waals surface area contributed by atoms with E-state index < -0.39 is 0 Å². The van der Waals surface area contributed by atoms with Crippen LogP contribution in [-0.4, -0.2) is 24.2 Å². The number of hydrogen-bond donors (Lipinski definition) is 1. The van der Waals surface area contributed by atoms with Gasteiger partial charge in [-0.15, -0.1) is 11.8 Å². The molecule has 3 rings (SSSR count). The quantitative estimate of drug-likeness (QED) is 0.396. The number of hydrogen-bond acceptors (Lipinski definition) is 5. The van der Waals surface area contributed by atoms with Gasteiger partial charge >= 0.3 is 5.97 Å². The lowest BCUT2D eigenvalue weighted by atomic mass is 10.1. The van der Waals surface area contributed by atoms with Gasteiger partial charge in [-0.25, -0.2) is 4.79 Å². The van der Waals surface area contributed by atoms with Crippen molar-refractivity contribution in [3.05, 3.63) is 101 Å². The fraction of sp³-hybridized carbons (Fsp3) is 0.240. The van der Waals surface area contributed by atoms with Gasteiger partial charge in [-0.1, -0.05) is 48.5 Å². The molecule has 0 radical (unpaired) electrons. The van der Waals surface area contributed by atoms with Crippen molar-refractivity contribution in [1.82, 2.24) is 4.90 Å². The summed E-state index contributed by atoms with van der Waals surface area (Å²) in [6, 6.07) is 24.8. The lowest BCUT2D eigenvalue weighted by Crippen LogP contribution is -2.22. The van der Waals surface area contributed by atoms with Gasteiger partial charge in [0, 0.05) is 31.1 Å². The van der Waals surface area contributed by atoms with Crippen molar-refractivity contribution in [2.24, 2.45) is 5.73 Å². The molecule has 0 unspecified atom stereocenters. The first kappa shape index (κ1) is 22.1. The van der Waals surface area contributed by atoms with Crippen LogP contribution in [0.15, 0.2) is 77.7 Å². The van der Waals surface area contributed by atoms with Gasteiger partial charge in [0.2, 0.25) is 0 Å². The topological polar surface area (TPSA) is 55.6 Å². The second-order valence-corrected chi connectivity index (χ2v) is 8.08. The summed E-state index contributed by atoms with van der Waals surface area (Å²) in [6.07, 6.45) is 2.09. The molecule has 4 nitrogen and oxygen atoms in total. The van der Waals surface area contributed by atoms with Crippen LogP contribution < -0.4 is 5.73 Å². The maximum absolute atomic E-state index is 11.7. The first-order valence-electron chi connectivity index (χ1n) is 9.91. The summed E-state index contributed by atoms with van der Waals surface area (Å²) in [4.78, 5) is 15.4. The average molecular weight is 421 g/mol. The zero-order chi connectivity index (χ0) is 21.3. The van der Waals surface area contributed by atoms with Crippen LogP contribution in [0.5, 0.6) is 0 Å². The molecule has 0 atom stereocenters. The number of nitrogens with zero attached hydrogens (tertiary/aromatic N) is 1. The first-order valence-corrected chi connectivity index (χ1v) is 11.1. The normalized spacial score (nSPS) is 10.9. The number of esters is 1. The molecule has 30 heavy (non-hydrogen) atoms. The Morgan fingerprint density at radius 2 is 1.23 bits per heavy atom. The number of rotatable bonds is 9. The summed E-state index contributed by atoms with van der Waals surface area (Å²) in [7, 11) is 1.40. The molecule has 2 N–H and O–H groups in total. The summed E-state index contributed by atoms with van der Waals surface area (Å²) in [5.41, 5.74) is 11.1. The van der Waals surface area contributed by atoms with Gasteiger partial charge in [-0.05, 0) is 52.8 Å². The fourth-order valence-corrected chi connectivity index (χ4v) is 3.73. The molecular formula is C25H28N2O2S. The van der Waals surface area contributed by atoms with E-state index in [1.165, 1.54) is 23.1 Å². The minimum absolute atomic E-state index is 0.313. The molecule has 0 amide bonds. The summed E-state index contributed by atoms with van der Waals surface area (Å²) in [6.45, 7) is 3.00. The zero-order valence-corrected chi connectivity index (χ0v) is 18.3. The number of thioether (sulfide) groups is 1. The lowest BCUT2D eigenvalue weighted by molar-refractivity contribution is 0.0600. The number of methoxy groups -OCH3 is 1. The third kappa shape index (κ3) is 6.20. The Bertz CT molecular complexity index is 889. The molecule has 5 heteroatoms. The first-order chi connectivity index (χ1) is 14.6. The van der Waals surface area contributed by atoms with Gasteiger partial charge in [-0.3, -0.25) is 4.90 Å². The lowest BCUT2D eigenvalue weighted by Gasteiger charge is -2.23. The Labute approximate surface area is 183 Å². The Kier molecular flexibility index (Phi) is 8.08. The van der Waals surface area contributed by atoms with Gasteiger partial charge in [0.05, 0.1) is 12.7 Å². The minimum Gasteiger partial charge on any atom is -0.465 e. The van der Waals surface area contributed by atoms with E-state index in [-0.39, 0.29) is 5.97 Å². The van der Waals surface area contributed by atoms with Crippen molar-refractivity contribution in [2.45, 2.75) is 31.1 Å². The van der Waals surface area contributed by atoms with E-state index in [1.54, 1.807) is 11.8 Å². The molecule has 0 aromatic heterocycles. The van der Waals surface area contributed by atoms with Crippen LogP contribution in [-0.2, 0) is 30.9 Å². The van der Waals surface area contributed by atoms with Crippen LogP contribution >= 0.6 is 11.8 Å². The monoisotopic (exact) mass is 420 g/mol. The average Bonchev–Trinajstić information content (AvgIpc) is 2.80. The standard InChI is InChI=1S/C25H28N2O2S/c1-29-25(28)23-11-7-21(8-12-23)17-27(16-20-5-3-19(15-26)4-6-20)18-22-9-13-24(30-2)14-10-22/h3-14H,15-18,26H2,1-2H3. The van der Waals surface area contributed by atoms with Crippen LogP contribution in [0.2, 0.25) is 0 Å². The minimum atomic E-state index is -0.313. The Morgan fingerprint density at radius 3 is 1.67 bits per heavy atom. The van der Waals surface area contributed by atoms with E-state index in [0.717, 1.165) is 30.8 Å². The SMILES string of the molecule is COC(=O)c1ccc(CN(Cc2ccc(CN)cc2)Cc2ccc(SC)cc2)cc1. The molecule has 156 valence electrons. The van der Waals surface area contributed by atoms with Crippen molar-refractivity contribution in [1.29, 1.82) is 0 Å². The third-order valence-electron chi connectivity index (χ3n) is 5.01. The second kappa shape index (κ2) is 11.0. The highest BCUT2D eigenvalue weighted by Crippen LogP contribution is 2.19. The van der Waals surface area contributed by atoms with Crippen LogP contribution in [0.25, 0.3) is 0 Å². The van der Waals surface area contributed by atoms with E-state index in [4.69, 9.17) is 10.5 Å². The summed E-state index contributed by atoms with van der Waals surface area (Å²) in [5.74, 6) is -0.313. The van der Waals surface area contributed by atoms with Gasteiger partial charge in [0.25, 0.3) is 0 Å². The maximum atomic E-state index is 11.7. The Balaban J connectivity index is 1.77. The van der Waals surface area contributed by atoms with E-state index in [0.29, 0.717) is 12.1 Å². The Hall–Kier alpha value is -2.60. The van der Waals surface area contributed by atoms with Crippen LogP contribution in [0.4, 0.5) is 0 Å². The van der Waals surface area contributed by atoms with Crippen molar-refractivity contribution in [3.63, 3.8) is 0 Å². The van der Waals surface area contributed by atoms with Gasteiger partial charge in [-0.2, -0.15) is 0 Å². The fourth-order valence-electron chi connectivity index (χ4n) is 3.32. The molecule has 0 bridgehead atoms. The highest BCUT2D eigenvalue weighted by Gasteiger charge is 2.11. The largest absolute Gasteiger partial charge is 0.465 e. The van der Waals surface area contributed by atoms with Crippen LogP contribution in [0.3, 0.4) is 0 Å². The van der Waals surface area contributed by atoms with E-state index in [9.17, 15) is 4.79 Å². The number of benzene rings is 3. The maximum Gasteiger partial charge on any atom is 0.337 e. The van der Waals surface area contributed by atoms with Crippen molar-refractivity contribution >= 4 is 17.7 Å². The molecule has 0 aliphatic rings. The molecule has 0 aliphatic heterocycles. The van der Waals surface area contributed by atoms with Crippen LogP contribution in [0, 0.1) is 0 Å². The highest BCUT2D eigenvalue weighted by molar-refractivity contribution is 7.98.